The molecule has 1 saturated heterocycles. The van der Waals surface area contributed by atoms with Crippen LogP contribution in [0.25, 0.3) is 10.9 Å². The number of sulfonamides is 1. The summed E-state index contributed by atoms with van der Waals surface area (Å²) in [5.41, 5.74) is 3.52. The Morgan fingerprint density at radius 2 is 1.95 bits per heavy atom. The summed E-state index contributed by atoms with van der Waals surface area (Å²) in [5, 5.41) is 1.03. The van der Waals surface area contributed by atoms with Gasteiger partial charge in [-0.05, 0) is 68.5 Å². The van der Waals surface area contributed by atoms with Crippen LogP contribution in [0.3, 0.4) is 0 Å². The first kappa shape index (κ1) is 25.4. The number of carbonyl (C=O) groups excluding carboxylic acids is 1. The number of carbonyl (C=O) groups is 1. The minimum Gasteiger partial charge on any atom is -0.357 e. The van der Waals surface area contributed by atoms with Crippen LogP contribution < -0.4 is 14.5 Å². The monoisotopic (exact) mass is 548 g/mol. The molecule has 0 bridgehead atoms. The zero-order chi connectivity index (χ0) is 27.4. The van der Waals surface area contributed by atoms with E-state index in [0.29, 0.717) is 30.6 Å². The number of nitrogens with zero attached hydrogens (tertiary/aromatic N) is 4. The van der Waals surface area contributed by atoms with E-state index in [1.54, 1.807) is 30.5 Å². The Morgan fingerprint density at radius 3 is 2.74 bits per heavy atom. The molecule has 1 atom stereocenters. The molecule has 0 aliphatic carbocycles. The zero-order valence-electron chi connectivity index (χ0n) is 22.3. The Balaban J connectivity index is 0.00000194. The van der Waals surface area contributed by atoms with Crippen LogP contribution >= 0.6 is 0 Å². The summed E-state index contributed by atoms with van der Waals surface area (Å²) in [6, 6.07) is 16.3. The summed E-state index contributed by atoms with van der Waals surface area (Å²) in [6.45, 7) is 8.43. The predicted octanol–water partition coefficient (Wildman–Crippen LogP) is 4.76. The van der Waals surface area contributed by atoms with E-state index < -0.39 is 15.9 Å². The van der Waals surface area contributed by atoms with Crippen molar-refractivity contribution in [2.75, 3.05) is 22.9 Å². The van der Waals surface area contributed by atoms with E-state index in [0.717, 1.165) is 30.6 Å². The second-order valence-electron chi connectivity index (χ2n) is 11.2. The van der Waals surface area contributed by atoms with Gasteiger partial charge in [-0.1, -0.05) is 31.2 Å². The number of aromatic amines is 1. The molecule has 0 spiro atoms. The molecule has 1 amide bonds. The largest absolute Gasteiger partial charge is 0.357 e. The lowest BCUT2D eigenvalue weighted by molar-refractivity contribution is 0.0981. The predicted molar refractivity (Wildman–Crippen MR) is 156 cm³/mol. The third-order valence-corrected chi connectivity index (χ3v) is 9.01. The number of nitrogens with one attached hydrogen (secondary N) is 2. The molecule has 0 saturated carbocycles. The van der Waals surface area contributed by atoms with Crippen LogP contribution in [0.5, 0.6) is 0 Å². The number of fused-ring (bicyclic) bond motifs is 3. The van der Waals surface area contributed by atoms with Crippen molar-refractivity contribution in [1.29, 1.82) is 0 Å². The molecule has 10 heteroatoms. The summed E-state index contributed by atoms with van der Waals surface area (Å²) in [7, 11) is -4.22. The Labute approximate surface area is 231 Å². The Kier molecular flexibility index (Phi) is 6.10. The molecule has 6 rings (SSSR count). The number of para-hydroxylation sites is 1. The molecule has 1 aromatic carbocycles. The van der Waals surface area contributed by atoms with Crippen molar-refractivity contribution in [2.45, 2.75) is 50.7 Å². The lowest BCUT2D eigenvalue weighted by Crippen LogP contribution is -2.41. The van der Waals surface area contributed by atoms with Gasteiger partial charge in [0.05, 0.1) is 12.1 Å². The van der Waals surface area contributed by atoms with Crippen molar-refractivity contribution in [3.05, 3.63) is 77.6 Å². The standard InChI is InChI=1S/C29H32N6O3S.2H2/c1-19-16-29(2,3)35(17-19)27-22(9-7-14-30-27)28(36)33-39(37,38)26-12-6-11-25(32-26)34-15-13-21-20-8-4-5-10-23(20)31-24(21)18-34;;/h4-12,14,19,31H,13,15-18H2,1-3H3,(H,33,36);2*1H. The van der Waals surface area contributed by atoms with Gasteiger partial charge in [-0.15, -0.1) is 0 Å². The molecule has 206 valence electrons. The first-order chi connectivity index (χ1) is 18.6. The molecule has 39 heavy (non-hydrogen) atoms. The molecule has 5 heterocycles. The van der Waals surface area contributed by atoms with Gasteiger partial charge in [0.15, 0.2) is 5.03 Å². The number of amides is 1. The van der Waals surface area contributed by atoms with Crippen LogP contribution in [0.1, 0.15) is 51.7 Å². The van der Waals surface area contributed by atoms with Crippen molar-refractivity contribution in [3.8, 4) is 0 Å². The highest BCUT2D eigenvalue weighted by atomic mass is 32.2. The number of rotatable bonds is 5. The lowest BCUT2D eigenvalue weighted by atomic mass is 9.97. The van der Waals surface area contributed by atoms with Crippen molar-refractivity contribution in [3.63, 3.8) is 0 Å². The summed E-state index contributed by atoms with van der Waals surface area (Å²) < 4.78 is 28.9. The molecule has 3 aromatic heterocycles. The van der Waals surface area contributed by atoms with Crippen LogP contribution in [0.15, 0.2) is 65.8 Å². The average Bonchev–Trinajstić information content (AvgIpc) is 3.42. The first-order valence-corrected chi connectivity index (χ1v) is 14.7. The van der Waals surface area contributed by atoms with Crippen molar-refractivity contribution in [1.82, 2.24) is 19.7 Å². The Bertz CT molecular complexity index is 1690. The number of H-pyrrole nitrogens is 1. The smallest absolute Gasteiger partial charge is 0.281 e. The van der Waals surface area contributed by atoms with Crippen molar-refractivity contribution < 1.29 is 16.1 Å². The van der Waals surface area contributed by atoms with E-state index in [1.807, 2.05) is 17.0 Å². The third-order valence-electron chi connectivity index (χ3n) is 7.78. The van der Waals surface area contributed by atoms with Crippen LogP contribution in [0.4, 0.5) is 11.6 Å². The molecular weight excluding hydrogens is 512 g/mol. The maximum Gasteiger partial charge on any atom is 0.281 e. The van der Waals surface area contributed by atoms with Gasteiger partial charge in [-0.25, -0.2) is 14.7 Å². The first-order valence-electron chi connectivity index (χ1n) is 13.2. The normalized spacial score (nSPS) is 18.8. The van der Waals surface area contributed by atoms with E-state index in [4.69, 9.17) is 0 Å². The second-order valence-corrected chi connectivity index (χ2v) is 12.8. The highest BCUT2D eigenvalue weighted by Crippen LogP contribution is 2.37. The molecule has 2 aliphatic heterocycles. The molecule has 1 unspecified atom stereocenters. The molecule has 2 aliphatic rings. The fraction of sp³-hybridized carbons (Fsp3) is 0.345. The molecule has 4 aromatic rings. The maximum absolute atomic E-state index is 13.3. The van der Waals surface area contributed by atoms with Crippen LogP contribution in [0, 0.1) is 5.92 Å². The summed E-state index contributed by atoms with van der Waals surface area (Å²) in [6.07, 6.45) is 3.40. The summed E-state index contributed by atoms with van der Waals surface area (Å²) in [4.78, 5) is 29.9. The number of hydrogen-bond acceptors (Lipinski definition) is 7. The number of aromatic nitrogens is 3. The van der Waals surface area contributed by atoms with Gasteiger partial charge >= 0.3 is 0 Å². The van der Waals surface area contributed by atoms with Gasteiger partial charge in [0.1, 0.15) is 11.6 Å². The second kappa shape index (κ2) is 9.37. The maximum atomic E-state index is 13.3. The SMILES string of the molecule is CC1CN(c2ncccc2C(=O)NS(=O)(=O)c2cccc(N3CCc4c([nH]c5ccccc45)C3)n2)C(C)(C)C1.[HH].[HH]. The van der Waals surface area contributed by atoms with Gasteiger partial charge in [-0.3, -0.25) is 4.79 Å². The number of hydrogen-bond donors (Lipinski definition) is 2. The van der Waals surface area contributed by atoms with Gasteiger partial charge in [0.25, 0.3) is 15.9 Å². The Morgan fingerprint density at radius 1 is 1.13 bits per heavy atom. The van der Waals surface area contributed by atoms with Crippen molar-refractivity contribution in [2.24, 2.45) is 5.92 Å². The number of pyridine rings is 2. The van der Waals surface area contributed by atoms with Crippen LogP contribution in [-0.4, -0.2) is 47.9 Å². The topological polar surface area (TPSA) is 111 Å². The number of benzene rings is 1. The highest BCUT2D eigenvalue weighted by Gasteiger charge is 2.39. The van der Waals surface area contributed by atoms with Gasteiger partial charge in [0, 0.05) is 44.3 Å². The Hall–Kier alpha value is -3.92. The van der Waals surface area contributed by atoms with Gasteiger partial charge < -0.3 is 14.8 Å². The average molecular weight is 549 g/mol. The summed E-state index contributed by atoms with van der Waals surface area (Å²) in [5.74, 6) is 0.749. The molecular formula is C29H36N6O3S. The third kappa shape index (κ3) is 4.63. The zero-order valence-corrected chi connectivity index (χ0v) is 23.1. The molecule has 1 fully saturated rings. The van der Waals surface area contributed by atoms with Gasteiger partial charge in [0.2, 0.25) is 0 Å². The minimum atomic E-state index is -4.22. The van der Waals surface area contributed by atoms with E-state index >= 15 is 0 Å². The quantitative estimate of drug-likeness (QED) is 0.370. The lowest BCUT2D eigenvalue weighted by Gasteiger charge is -2.33. The minimum absolute atomic E-state index is 0. The molecule has 0 radical (unpaired) electrons. The summed E-state index contributed by atoms with van der Waals surface area (Å²) >= 11 is 0. The number of anilines is 2. The van der Waals surface area contributed by atoms with E-state index in [-0.39, 0.29) is 19.0 Å². The van der Waals surface area contributed by atoms with Gasteiger partial charge in [-0.2, -0.15) is 8.42 Å². The van der Waals surface area contributed by atoms with Crippen LogP contribution in [0.2, 0.25) is 0 Å². The molecule has 9 nitrogen and oxygen atoms in total. The van der Waals surface area contributed by atoms with E-state index in [9.17, 15) is 13.2 Å². The van der Waals surface area contributed by atoms with Crippen LogP contribution in [-0.2, 0) is 23.0 Å². The highest BCUT2D eigenvalue weighted by molar-refractivity contribution is 7.90. The fourth-order valence-electron chi connectivity index (χ4n) is 6.10. The van der Waals surface area contributed by atoms with Crippen molar-refractivity contribution >= 4 is 38.5 Å². The molecule has 2 N–H and O–H groups in total. The van der Waals surface area contributed by atoms with E-state index in [2.05, 4.69) is 57.5 Å². The fourth-order valence-corrected chi connectivity index (χ4v) is 7.03. The van der Waals surface area contributed by atoms with E-state index in [1.165, 1.54) is 17.0 Å².